The second kappa shape index (κ2) is 12.1. The van der Waals surface area contributed by atoms with Crippen molar-refractivity contribution in [3.63, 3.8) is 0 Å². The van der Waals surface area contributed by atoms with Crippen molar-refractivity contribution in [2.75, 3.05) is 11.9 Å². The van der Waals surface area contributed by atoms with Crippen LogP contribution in [-0.2, 0) is 20.9 Å². The molecule has 1 heterocycles. The van der Waals surface area contributed by atoms with Gasteiger partial charge >= 0.3 is 0 Å². The standard InChI is InChI=1S/C40H44N2O4/c1-25-11-10-14-30(26(25)2)41-35(45)24-46-29-17-15-28(16-18-29)36-37-31(19-39(3,4)21-33(37)43)42(23-27-12-8-7-9-13-27)32-20-40(5,6)22-34(44)38(32)36/h7-18,36H,19-24H2,1-6H3,(H,41,45). The highest BCUT2D eigenvalue weighted by molar-refractivity contribution is 6.06. The Morgan fingerprint density at radius 1 is 0.783 bits per heavy atom. The molecule has 1 N–H and O–H groups in total. The van der Waals surface area contributed by atoms with Crippen LogP contribution in [0.1, 0.15) is 81.5 Å². The molecule has 46 heavy (non-hydrogen) atoms. The summed E-state index contributed by atoms with van der Waals surface area (Å²) in [5.74, 6) is 0.116. The number of amides is 1. The van der Waals surface area contributed by atoms with Crippen molar-refractivity contribution in [1.29, 1.82) is 0 Å². The molecule has 0 radical (unpaired) electrons. The van der Waals surface area contributed by atoms with Gasteiger partial charge in [-0.2, -0.15) is 0 Å². The number of nitrogens with one attached hydrogen (secondary N) is 1. The molecule has 3 aliphatic rings. The van der Waals surface area contributed by atoms with Crippen LogP contribution >= 0.6 is 0 Å². The van der Waals surface area contributed by atoms with Crippen LogP contribution < -0.4 is 10.1 Å². The van der Waals surface area contributed by atoms with E-state index >= 15 is 0 Å². The van der Waals surface area contributed by atoms with Gasteiger partial charge in [0.1, 0.15) is 5.75 Å². The normalized spacial score (nSPS) is 19.1. The average Bonchev–Trinajstić information content (AvgIpc) is 2.99. The maximum Gasteiger partial charge on any atom is 0.262 e. The smallest absolute Gasteiger partial charge is 0.262 e. The first-order valence-corrected chi connectivity index (χ1v) is 16.2. The van der Waals surface area contributed by atoms with Gasteiger partial charge in [0.25, 0.3) is 5.91 Å². The van der Waals surface area contributed by atoms with E-state index in [0.717, 1.165) is 63.3 Å². The lowest BCUT2D eigenvalue weighted by Gasteiger charge is -2.49. The fourth-order valence-corrected chi connectivity index (χ4v) is 7.32. The lowest BCUT2D eigenvalue weighted by molar-refractivity contribution is -0.120. The van der Waals surface area contributed by atoms with Crippen molar-refractivity contribution >= 4 is 23.2 Å². The number of benzene rings is 3. The van der Waals surface area contributed by atoms with Gasteiger partial charge in [-0.15, -0.1) is 0 Å². The molecule has 0 saturated carbocycles. The van der Waals surface area contributed by atoms with Gasteiger partial charge in [-0.05, 0) is 78.0 Å². The summed E-state index contributed by atoms with van der Waals surface area (Å²) < 4.78 is 5.87. The third-order valence-electron chi connectivity index (χ3n) is 9.67. The molecule has 0 saturated heterocycles. The zero-order chi connectivity index (χ0) is 32.8. The van der Waals surface area contributed by atoms with E-state index in [2.05, 4.69) is 50.0 Å². The molecule has 0 atom stereocenters. The second-order valence-corrected chi connectivity index (χ2v) is 14.8. The number of anilines is 1. The van der Waals surface area contributed by atoms with Crippen LogP contribution in [0, 0.1) is 24.7 Å². The van der Waals surface area contributed by atoms with Gasteiger partial charge in [-0.25, -0.2) is 0 Å². The lowest BCUT2D eigenvalue weighted by Crippen LogP contribution is -2.44. The van der Waals surface area contributed by atoms with E-state index in [1.165, 1.54) is 0 Å². The maximum absolute atomic E-state index is 14.1. The van der Waals surface area contributed by atoms with Crippen LogP contribution in [0.25, 0.3) is 0 Å². The van der Waals surface area contributed by atoms with E-state index in [1.54, 1.807) is 0 Å². The van der Waals surface area contributed by atoms with Gasteiger partial charge < -0.3 is 15.0 Å². The summed E-state index contributed by atoms with van der Waals surface area (Å²) in [5, 5.41) is 2.94. The zero-order valence-corrected chi connectivity index (χ0v) is 27.8. The maximum atomic E-state index is 14.1. The summed E-state index contributed by atoms with van der Waals surface area (Å²) in [5.41, 5.74) is 8.18. The Morgan fingerprint density at radius 3 is 1.96 bits per heavy atom. The number of carbonyl (C=O) groups excluding carboxylic acids is 3. The van der Waals surface area contributed by atoms with E-state index in [4.69, 9.17) is 4.74 Å². The molecule has 1 amide bonds. The number of hydrogen-bond acceptors (Lipinski definition) is 5. The number of ether oxygens (including phenoxy) is 1. The van der Waals surface area contributed by atoms with Crippen LogP contribution in [0.4, 0.5) is 5.69 Å². The number of rotatable bonds is 7. The Labute approximate surface area is 272 Å². The SMILES string of the molecule is Cc1cccc(NC(=O)COc2ccc(C3C4=C(CC(C)(C)CC4=O)N(Cc4ccccc4)C4=C3C(=O)CC(C)(C)C4)cc2)c1C. The molecular weight excluding hydrogens is 572 g/mol. The van der Waals surface area contributed by atoms with E-state index < -0.39 is 5.92 Å². The first kappa shape index (κ1) is 31.5. The Balaban J connectivity index is 1.34. The number of ketones is 2. The number of hydrogen-bond donors (Lipinski definition) is 1. The predicted octanol–water partition coefficient (Wildman–Crippen LogP) is 8.21. The average molecular weight is 617 g/mol. The molecule has 3 aromatic carbocycles. The van der Waals surface area contributed by atoms with Gasteiger partial charge in [0.2, 0.25) is 0 Å². The summed E-state index contributed by atoms with van der Waals surface area (Å²) >= 11 is 0. The van der Waals surface area contributed by atoms with Crippen molar-refractivity contribution in [3.8, 4) is 5.75 Å². The quantitative estimate of drug-likeness (QED) is 0.290. The molecule has 3 aromatic rings. The third kappa shape index (κ3) is 6.31. The number of aryl methyl sites for hydroxylation is 1. The molecule has 0 spiro atoms. The summed E-state index contributed by atoms with van der Waals surface area (Å²) in [6, 6.07) is 23.7. The Bertz CT molecular complexity index is 1710. The van der Waals surface area contributed by atoms with E-state index in [9.17, 15) is 14.4 Å². The van der Waals surface area contributed by atoms with E-state index in [0.29, 0.717) is 25.1 Å². The summed E-state index contributed by atoms with van der Waals surface area (Å²) in [6.07, 6.45) is 2.42. The monoisotopic (exact) mass is 616 g/mol. The predicted molar refractivity (Wildman–Crippen MR) is 181 cm³/mol. The molecule has 6 nitrogen and oxygen atoms in total. The molecule has 0 unspecified atom stereocenters. The molecule has 0 aromatic heterocycles. The molecule has 0 fully saturated rings. The van der Waals surface area contributed by atoms with Crippen LogP contribution in [-0.4, -0.2) is 29.0 Å². The van der Waals surface area contributed by atoms with Gasteiger partial charge in [-0.3, -0.25) is 14.4 Å². The molecular formula is C40H44N2O4. The van der Waals surface area contributed by atoms with Gasteiger partial charge in [-0.1, -0.05) is 82.3 Å². The lowest BCUT2D eigenvalue weighted by atomic mass is 9.63. The minimum absolute atomic E-state index is 0.113. The highest BCUT2D eigenvalue weighted by atomic mass is 16.5. The van der Waals surface area contributed by atoms with E-state index in [1.807, 2.05) is 74.5 Å². The summed E-state index contributed by atoms with van der Waals surface area (Å²) in [6.45, 7) is 13.1. The Hall–Kier alpha value is -4.45. The number of Topliss-reactive ketones (excluding diaryl/α,β-unsaturated/α-hetero) is 2. The van der Waals surface area contributed by atoms with E-state index in [-0.39, 0.29) is 34.9 Å². The highest BCUT2D eigenvalue weighted by Crippen LogP contribution is 2.54. The second-order valence-electron chi connectivity index (χ2n) is 14.8. The largest absolute Gasteiger partial charge is 0.484 e. The van der Waals surface area contributed by atoms with Gasteiger partial charge in [0, 0.05) is 53.5 Å². The highest BCUT2D eigenvalue weighted by Gasteiger charge is 2.48. The number of allylic oxidation sites excluding steroid dienone is 4. The van der Waals surface area contributed by atoms with Crippen molar-refractivity contribution in [1.82, 2.24) is 4.90 Å². The molecule has 2 aliphatic carbocycles. The number of nitrogens with zero attached hydrogens (tertiary/aromatic N) is 1. The summed E-state index contributed by atoms with van der Waals surface area (Å²) in [4.78, 5) is 43.2. The Morgan fingerprint density at radius 2 is 1.37 bits per heavy atom. The fraction of sp³-hybridized carbons (Fsp3) is 0.375. The number of carbonyl (C=O) groups is 3. The molecule has 6 heteroatoms. The fourth-order valence-electron chi connectivity index (χ4n) is 7.32. The van der Waals surface area contributed by atoms with Crippen LogP contribution in [0.15, 0.2) is 95.3 Å². The van der Waals surface area contributed by atoms with Crippen molar-refractivity contribution < 1.29 is 19.1 Å². The van der Waals surface area contributed by atoms with Crippen LogP contribution in [0.3, 0.4) is 0 Å². The van der Waals surface area contributed by atoms with Crippen LogP contribution in [0.2, 0.25) is 0 Å². The first-order chi connectivity index (χ1) is 21.8. The van der Waals surface area contributed by atoms with Crippen LogP contribution in [0.5, 0.6) is 5.75 Å². The van der Waals surface area contributed by atoms with Gasteiger partial charge in [0.15, 0.2) is 18.2 Å². The zero-order valence-electron chi connectivity index (χ0n) is 27.8. The van der Waals surface area contributed by atoms with Crippen molar-refractivity contribution in [2.45, 2.75) is 79.7 Å². The molecule has 0 bridgehead atoms. The topological polar surface area (TPSA) is 75.7 Å². The molecule has 6 rings (SSSR count). The summed E-state index contributed by atoms with van der Waals surface area (Å²) in [7, 11) is 0. The minimum Gasteiger partial charge on any atom is -0.484 e. The van der Waals surface area contributed by atoms with Gasteiger partial charge in [0.05, 0.1) is 0 Å². The molecule has 1 aliphatic heterocycles. The Kier molecular flexibility index (Phi) is 8.26. The van der Waals surface area contributed by atoms with Crippen molar-refractivity contribution in [3.05, 3.63) is 118 Å². The van der Waals surface area contributed by atoms with Crippen molar-refractivity contribution in [2.24, 2.45) is 10.8 Å². The third-order valence-corrected chi connectivity index (χ3v) is 9.67. The molecule has 238 valence electrons. The first-order valence-electron chi connectivity index (χ1n) is 16.2. The minimum atomic E-state index is -0.425.